The maximum atomic E-state index is 6.09. The van der Waals surface area contributed by atoms with E-state index in [1.165, 1.54) is 33.0 Å². The SMILES string of the molecule is c1ccc(-c2cccc(-c3nc(-c4ccc(-c5ccc(-c6ccc(-c7ccc8oc9ccccc9c8c7)cc6)c6ccccc56)cc4)nc(-c4ccccc4-c4ccccc4)n3)c2)cc1. The highest BCUT2D eigenvalue weighted by Gasteiger charge is 2.17. The second kappa shape index (κ2) is 16.2. The monoisotopic (exact) mass is 829 g/mol. The molecule has 0 unspecified atom stereocenters. The normalized spacial score (nSPS) is 11.4. The average Bonchev–Trinajstić information content (AvgIpc) is 3.77. The van der Waals surface area contributed by atoms with Crippen LogP contribution < -0.4 is 0 Å². The van der Waals surface area contributed by atoms with Crippen LogP contribution in [0.15, 0.2) is 241 Å². The van der Waals surface area contributed by atoms with Gasteiger partial charge in [0.05, 0.1) is 0 Å². The number of para-hydroxylation sites is 1. The van der Waals surface area contributed by atoms with E-state index < -0.39 is 0 Å². The second-order valence-electron chi connectivity index (χ2n) is 16.3. The number of hydrogen-bond donors (Lipinski definition) is 0. The first-order chi connectivity index (χ1) is 32.2. The van der Waals surface area contributed by atoms with E-state index in [1.807, 2.05) is 30.3 Å². The molecule has 2 heterocycles. The molecule has 0 saturated carbocycles. The highest BCUT2D eigenvalue weighted by molar-refractivity contribution is 6.07. The summed E-state index contributed by atoms with van der Waals surface area (Å²) < 4.78 is 6.09. The van der Waals surface area contributed by atoms with Gasteiger partial charge in [-0.15, -0.1) is 0 Å². The van der Waals surface area contributed by atoms with Gasteiger partial charge in [-0.3, -0.25) is 0 Å². The maximum absolute atomic E-state index is 6.09. The van der Waals surface area contributed by atoms with Crippen molar-refractivity contribution in [3.63, 3.8) is 0 Å². The molecule has 0 bridgehead atoms. The lowest BCUT2D eigenvalue weighted by Gasteiger charge is -2.14. The smallest absolute Gasteiger partial charge is 0.164 e. The van der Waals surface area contributed by atoms with E-state index in [-0.39, 0.29) is 0 Å². The first-order valence-electron chi connectivity index (χ1n) is 21.9. The number of furan rings is 1. The maximum Gasteiger partial charge on any atom is 0.164 e. The lowest BCUT2D eigenvalue weighted by Crippen LogP contribution is -2.01. The van der Waals surface area contributed by atoms with Gasteiger partial charge < -0.3 is 4.42 Å². The van der Waals surface area contributed by atoms with E-state index >= 15 is 0 Å². The summed E-state index contributed by atoms with van der Waals surface area (Å²) in [5.41, 5.74) is 16.0. The highest BCUT2D eigenvalue weighted by atomic mass is 16.3. The van der Waals surface area contributed by atoms with Gasteiger partial charge in [-0.2, -0.15) is 0 Å². The Labute approximate surface area is 376 Å². The first-order valence-corrected chi connectivity index (χ1v) is 21.9. The molecule has 12 rings (SSSR count). The van der Waals surface area contributed by atoms with Crippen LogP contribution in [0.2, 0.25) is 0 Å². The number of benzene rings is 10. The second-order valence-corrected chi connectivity index (χ2v) is 16.3. The molecule has 0 N–H and O–H groups in total. The van der Waals surface area contributed by atoms with E-state index in [0.29, 0.717) is 17.5 Å². The van der Waals surface area contributed by atoms with E-state index in [9.17, 15) is 0 Å². The molecule has 2 aromatic heterocycles. The van der Waals surface area contributed by atoms with Crippen molar-refractivity contribution in [2.75, 3.05) is 0 Å². The van der Waals surface area contributed by atoms with Crippen LogP contribution in [0.1, 0.15) is 0 Å². The fourth-order valence-corrected chi connectivity index (χ4v) is 9.12. The lowest BCUT2D eigenvalue weighted by atomic mass is 9.91. The van der Waals surface area contributed by atoms with Crippen LogP contribution in [0.5, 0.6) is 0 Å². The van der Waals surface area contributed by atoms with Gasteiger partial charge in [0.25, 0.3) is 0 Å². The van der Waals surface area contributed by atoms with Crippen molar-refractivity contribution in [3.05, 3.63) is 237 Å². The zero-order valence-electron chi connectivity index (χ0n) is 35.3. The predicted octanol–water partition coefficient (Wildman–Crippen LogP) is 16.3. The van der Waals surface area contributed by atoms with Crippen LogP contribution in [-0.2, 0) is 0 Å². The molecule has 10 aromatic carbocycles. The van der Waals surface area contributed by atoms with Gasteiger partial charge in [0.2, 0.25) is 0 Å². The van der Waals surface area contributed by atoms with Crippen molar-refractivity contribution < 1.29 is 4.42 Å². The number of nitrogens with zero attached hydrogens (tertiary/aromatic N) is 3. The summed E-state index contributed by atoms with van der Waals surface area (Å²) in [4.78, 5) is 15.5. The third-order valence-corrected chi connectivity index (χ3v) is 12.4. The number of aromatic nitrogens is 3. The first kappa shape index (κ1) is 38.0. The van der Waals surface area contributed by atoms with Crippen LogP contribution in [0.25, 0.3) is 123 Å². The number of fused-ring (bicyclic) bond motifs is 4. The number of hydrogen-bond acceptors (Lipinski definition) is 4. The summed E-state index contributed by atoms with van der Waals surface area (Å²) >= 11 is 0. The topological polar surface area (TPSA) is 51.8 Å². The van der Waals surface area contributed by atoms with Gasteiger partial charge in [-0.05, 0) is 90.7 Å². The molecule has 65 heavy (non-hydrogen) atoms. The quantitative estimate of drug-likeness (QED) is 0.153. The van der Waals surface area contributed by atoms with Gasteiger partial charge in [-0.1, -0.05) is 212 Å². The van der Waals surface area contributed by atoms with Crippen molar-refractivity contribution >= 4 is 32.7 Å². The third kappa shape index (κ3) is 7.13. The molecule has 0 atom stereocenters. The van der Waals surface area contributed by atoms with Crippen molar-refractivity contribution in [1.29, 1.82) is 0 Å². The summed E-state index contributed by atoms with van der Waals surface area (Å²) in [5.74, 6) is 1.86. The molecule has 0 amide bonds. The fraction of sp³-hybridized carbons (Fsp3) is 0. The van der Waals surface area contributed by atoms with Gasteiger partial charge in [0.15, 0.2) is 17.5 Å². The predicted molar refractivity (Wildman–Crippen MR) is 268 cm³/mol. The zero-order valence-corrected chi connectivity index (χ0v) is 35.3. The van der Waals surface area contributed by atoms with Crippen molar-refractivity contribution in [3.8, 4) is 89.8 Å². The molecule has 12 aromatic rings. The minimum absolute atomic E-state index is 0.617. The van der Waals surface area contributed by atoms with Gasteiger partial charge in [0, 0.05) is 27.5 Å². The molecular formula is C61H39N3O. The summed E-state index contributed by atoms with van der Waals surface area (Å²) in [7, 11) is 0. The Hall–Kier alpha value is -8.73. The molecule has 0 fully saturated rings. The molecule has 0 spiro atoms. The van der Waals surface area contributed by atoms with Crippen LogP contribution in [0.4, 0.5) is 0 Å². The van der Waals surface area contributed by atoms with Crippen LogP contribution >= 0.6 is 0 Å². The summed E-state index contributed by atoms with van der Waals surface area (Å²) in [5, 5.41) is 4.67. The van der Waals surface area contributed by atoms with Crippen molar-refractivity contribution in [2.45, 2.75) is 0 Å². The number of rotatable bonds is 8. The molecule has 0 aliphatic rings. The Morgan fingerprint density at radius 2 is 0.646 bits per heavy atom. The van der Waals surface area contributed by atoms with E-state index in [2.05, 4.69) is 206 Å². The summed E-state index contributed by atoms with van der Waals surface area (Å²) in [6.45, 7) is 0. The summed E-state index contributed by atoms with van der Waals surface area (Å²) in [6.07, 6.45) is 0. The third-order valence-electron chi connectivity index (χ3n) is 12.4. The van der Waals surface area contributed by atoms with Gasteiger partial charge in [0.1, 0.15) is 11.2 Å². The molecule has 304 valence electrons. The van der Waals surface area contributed by atoms with E-state index in [4.69, 9.17) is 19.4 Å². The Bertz CT molecular complexity index is 3690. The van der Waals surface area contributed by atoms with Gasteiger partial charge in [-0.25, -0.2) is 15.0 Å². The van der Waals surface area contributed by atoms with Crippen LogP contribution in [0.3, 0.4) is 0 Å². The van der Waals surface area contributed by atoms with E-state index in [0.717, 1.165) is 72.0 Å². The molecule has 4 heteroatoms. The standard InChI is InChI=1S/C61H39N3O/c1-3-14-40(15-4-1)46-18-13-19-48(38-46)60-62-59(63-61(64-60)55-24-10-7-20-49(55)42-16-5-2-6-17-42)45-32-30-44(31-33-45)51-36-35-50(52-21-8-9-22-53(51)52)43-28-26-41(27-29-43)47-34-37-58-56(39-47)54-23-11-12-25-57(54)65-58/h1-39H. The Kier molecular flexibility index (Phi) is 9.46. The highest BCUT2D eigenvalue weighted by Crippen LogP contribution is 2.39. The Morgan fingerprint density at radius 1 is 0.215 bits per heavy atom. The Morgan fingerprint density at radius 3 is 1.34 bits per heavy atom. The molecule has 4 nitrogen and oxygen atoms in total. The molecular weight excluding hydrogens is 791 g/mol. The minimum Gasteiger partial charge on any atom is -0.456 e. The largest absolute Gasteiger partial charge is 0.456 e. The lowest BCUT2D eigenvalue weighted by molar-refractivity contribution is 0.669. The fourth-order valence-electron chi connectivity index (χ4n) is 9.12. The van der Waals surface area contributed by atoms with Crippen LogP contribution in [-0.4, -0.2) is 15.0 Å². The molecule has 0 aliphatic heterocycles. The van der Waals surface area contributed by atoms with Gasteiger partial charge >= 0.3 is 0 Å². The average molecular weight is 830 g/mol. The Balaban J connectivity index is 0.901. The van der Waals surface area contributed by atoms with Crippen LogP contribution in [0, 0.1) is 0 Å². The van der Waals surface area contributed by atoms with Crippen molar-refractivity contribution in [1.82, 2.24) is 15.0 Å². The summed E-state index contributed by atoms with van der Waals surface area (Å²) in [6, 6.07) is 83.0. The zero-order chi connectivity index (χ0) is 43.1. The van der Waals surface area contributed by atoms with E-state index in [1.54, 1.807) is 0 Å². The molecule has 0 aliphatic carbocycles. The molecule has 0 radical (unpaired) electrons. The minimum atomic E-state index is 0.617. The molecule has 0 saturated heterocycles. The van der Waals surface area contributed by atoms with Crippen molar-refractivity contribution in [2.24, 2.45) is 0 Å².